The number of thiophene rings is 1. The van der Waals surface area contributed by atoms with Gasteiger partial charge in [-0.3, -0.25) is 4.79 Å². The molecule has 1 heterocycles. The Morgan fingerprint density at radius 3 is 2.39 bits per heavy atom. The predicted molar refractivity (Wildman–Crippen MR) is 117 cm³/mol. The fourth-order valence-corrected chi connectivity index (χ4v) is 4.45. The van der Waals surface area contributed by atoms with Gasteiger partial charge in [-0.1, -0.05) is 60.7 Å². The maximum absolute atomic E-state index is 12.5. The lowest BCUT2D eigenvalue weighted by Crippen LogP contribution is -2.16. The predicted octanol–water partition coefficient (Wildman–Crippen LogP) is 5.46. The molecule has 3 rings (SSSR count). The minimum absolute atomic E-state index is 0.132. The molecule has 28 heavy (non-hydrogen) atoms. The van der Waals surface area contributed by atoms with Crippen molar-refractivity contribution in [1.29, 1.82) is 0 Å². The molecule has 3 aromatic rings. The highest BCUT2D eigenvalue weighted by atomic mass is 32.2. The van der Waals surface area contributed by atoms with Crippen LogP contribution in [0.3, 0.4) is 0 Å². The van der Waals surface area contributed by atoms with Crippen LogP contribution in [0.5, 0.6) is 0 Å². The fraction of sp³-hybridized carbons (Fsp3) is 0.182. The molecule has 144 valence electrons. The Kier molecular flexibility index (Phi) is 7.28. The lowest BCUT2D eigenvalue weighted by atomic mass is 10.0. The maximum Gasteiger partial charge on any atom is 0.341 e. The Morgan fingerprint density at radius 2 is 1.71 bits per heavy atom. The summed E-state index contributed by atoms with van der Waals surface area (Å²) in [6.45, 7) is 2.05. The summed E-state index contributed by atoms with van der Waals surface area (Å²) in [5.74, 6) is 0.525. The Morgan fingerprint density at radius 1 is 1.04 bits per heavy atom. The number of carbonyl (C=O) groups is 2. The summed E-state index contributed by atoms with van der Waals surface area (Å²) >= 11 is 2.88. The Bertz CT molecular complexity index is 923. The molecule has 0 atom stereocenters. The first kappa shape index (κ1) is 20.2. The van der Waals surface area contributed by atoms with Crippen molar-refractivity contribution in [1.82, 2.24) is 0 Å². The van der Waals surface area contributed by atoms with E-state index in [-0.39, 0.29) is 12.5 Å². The number of amides is 1. The molecule has 1 aromatic heterocycles. The van der Waals surface area contributed by atoms with Crippen LogP contribution in [0.4, 0.5) is 5.00 Å². The summed E-state index contributed by atoms with van der Waals surface area (Å²) in [6, 6.07) is 19.6. The van der Waals surface area contributed by atoms with Crippen LogP contribution in [-0.4, -0.2) is 24.2 Å². The van der Waals surface area contributed by atoms with Crippen molar-refractivity contribution in [3.8, 4) is 11.1 Å². The van der Waals surface area contributed by atoms with Crippen molar-refractivity contribution in [2.75, 3.05) is 17.7 Å². The summed E-state index contributed by atoms with van der Waals surface area (Å²) in [5, 5.41) is 5.30. The van der Waals surface area contributed by atoms with Gasteiger partial charge in [-0.15, -0.1) is 23.1 Å². The first-order chi connectivity index (χ1) is 13.7. The number of anilines is 1. The molecule has 0 bridgehead atoms. The number of hydrogen-bond acceptors (Lipinski definition) is 5. The quantitative estimate of drug-likeness (QED) is 0.500. The number of nitrogens with one attached hydrogen (secondary N) is 1. The molecule has 4 nitrogen and oxygen atoms in total. The van der Waals surface area contributed by atoms with Crippen LogP contribution in [0.1, 0.15) is 22.8 Å². The van der Waals surface area contributed by atoms with Gasteiger partial charge in [0.05, 0.1) is 12.4 Å². The highest BCUT2D eigenvalue weighted by Crippen LogP contribution is 2.36. The molecule has 0 spiro atoms. The lowest BCUT2D eigenvalue weighted by Gasteiger charge is -2.09. The average Bonchev–Trinajstić information content (AvgIpc) is 3.13. The van der Waals surface area contributed by atoms with Gasteiger partial charge in [0, 0.05) is 16.7 Å². The monoisotopic (exact) mass is 411 g/mol. The van der Waals surface area contributed by atoms with Gasteiger partial charge in [-0.2, -0.15) is 0 Å². The third kappa shape index (κ3) is 5.24. The smallest absolute Gasteiger partial charge is 0.341 e. The van der Waals surface area contributed by atoms with E-state index in [1.165, 1.54) is 28.7 Å². The van der Waals surface area contributed by atoms with Gasteiger partial charge >= 0.3 is 5.97 Å². The highest BCUT2D eigenvalue weighted by Gasteiger charge is 2.22. The molecule has 0 unspecified atom stereocenters. The number of ether oxygens (including phenoxy) is 1. The van der Waals surface area contributed by atoms with E-state index in [0.29, 0.717) is 16.3 Å². The van der Waals surface area contributed by atoms with Gasteiger partial charge in [0.25, 0.3) is 0 Å². The molecule has 0 aliphatic rings. The zero-order valence-electron chi connectivity index (χ0n) is 15.5. The number of benzene rings is 2. The minimum Gasteiger partial charge on any atom is -0.462 e. The Hall–Kier alpha value is -2.57. The van der Waals surface area contributed by atoms with Gasteiger partial charge in [0.2, 0.25) is 5.91 Å². The molecule has 2 aromatic carbocycles. The van der Waals surface area contributed by atoms with Crippen molar-refractivity contribution < 1.29 is 14.3 Å². The maximum atomic E-state index is 12.5. The largest absolute Gasteiger partial charge is 0.462 e. The summed E-state index contributed by atoms with van der Waals surface area (Å²) in [5.41, 5.74) is 3.28. The molecule has 0 radical (unpaired) electrons. The first-order valence-corrected chi connectivity index (χ1v) is 11.0. The summed E-state index contributed by atoms with van der Waals surface area (Å²) in [7, 11) is 0. The minimum atomic E-state index is -0.421. The van der Waals surface area contributed by atoms with Crippen LogP contribution >= 0.6 is 23.1 Å². The van der Waals surface area contributed by atoms with Gasteiger partial charge in [-0.25, -0.2) is 4.79 Å². The van der Waals surface area contributed by atoms with Crippen LogP contribution in [0.15, 0.2) is 66.0 Å². The molecular formula is C22H21NO3S2. The topological polar surface area (TPSA) is 55.4 Å². The van der Waals surface area contributed by atoms with Crippen molar-refractivity contribution in [2.45, 2.75) is 12.7 Å². The molecule has 1 N–H and O–H groups in total. The van der Waals surface area contributed by atoms with E-state index in [1.807, 2.05) is 66.0 Å². The number of carbonyl (C=O) groups excluding carboxylic acids is 2. The van der Waals surface area contributed by atoms with Crippen LogP contribution in [-0.2, 0) is 15.3 Å². The third-order valence-electron chi connectivity index (χ3n) is 3.95. The number of hydrogen-bond donors (Lipinski definition) is 1. The SMILES string of the molecule is CCOC(=O)c1c(-c2ccccc2)csc1NC(=O)CSCc1ccccc1. The lowest BCUT2D eigenvalue weighted by molar-refractivity contribution is -0.113. The number of thioether (sulfide) groups is 1. The Labute approximate surface area is 172 Å². The molecule has 0 aliphatic carbocycles. The summed E-state index contributed by atoms with van der Waals surface area (Å²) < 4.78 is 5.22. The zero-order chi connectivity index (χ0) is 19.8. The normalized spacial score (nSPS) is 10.5. The van der Waals surface area contributed by atoms with Crippen molar-refractivity contribution >= 4 is 40.0 Å². The van der Waals surface area contributed by atoms with E-state index >= 15 is 0 Å². The van der Waals surface area contributed by atoms with Crippen LogP contribution in [0, 0.1) is 0 Å². The van der Waals surface area contributed by atoms with E-state index < -0.39 is 5.97 Å². The third-order valence-corrected chi connectivity index (χ3v) is 5.85. The molecule has 0 saturated carbocycles. The van der Waals surface area contributed by atoms with Crippen molar-refractivity contribution in [2.24, 2.45) is 0 Å². The summed E-state index contributed by atoms with van der Waals surface area (Å²) in [4.78, 5) is 24.9. The van der Waals surface area contributed by atoms with E-state index in [0.717, 1.165) is 16.9 Å². The van der Waals surface area contributed by atoms with Crippen molar-refractivity contribution in [3.63, 3.8) is 0 Å². The van der Waals surface area contributed by atoms with Crippen molar-refractivity contribution in [3.05, 3.63) is 77.2 Å². The van der Waals surface area contributed by atoms with Gasteiger partial charge in [0.1, 0.15) is 10.6 Å². The van der Waals surface area contributed by atoms with E-state index in [9.17, 15) is 9.59 Å². The van der Waals surface area contributed by atoms with Crippen LogP contribution in [0.2, 0.25) is 0 Å². The van der Waals surface area contributed by atoms with Gasteiger partial charge < -0.3 is 10.1 Å². The van der Waals surface area contributed by atoms with E-state index in [4.69, 9.17) is 4.74 Å². The summed E-state index contributed by atoms with van der Waals surface area (Å²) in [6.07, 6.45) is 0. The first-order valence-electron chi connectivity index (χ1n) is 8.94. The Balaban J connectivity index is 1.71. The molecule has 1 amide bonds. The van der Waals surface area contributed by atoms with Gasteiger partial charge in [0.15, 0.2) is 0 Å². The molecule has 6 heteroatoms. The molecule has 0 fully saturated rings. The van der Waals surface area contributed by atoms with E-state index in [1.54, 1.807) is 6.92 Å². The second-order valence-electron chi connectivity index (χ2n) is 5.97. The van der Waals surface area contributed by atoms with Crippen LogP contribution in [0.25, 0.3) is 11.1 Å². The van der Waals surface area contributed by atoms with E-state index in [2.05, 4.69) is 5.32 Å². The second-order valence-corrected chi connectivity index (χ2v) is 7.83. The zero-order valence-corrected chi connectivity index (χ0v) is 17.1. The second kappa shape index (κ2) is 10.1. The average molecular weight is 412 g/mol. The van der Waals surface area contributed by atoms with Gasteiger partial charge in [-0.05, 0) is 18.1 Å². The number of esters is 1. The molecule has 0 aliphatic heterocycles. The standard InChI is InChI=1S/C22H21NO3S2/c1-2-26-22(25)20-18(17-11-7-4-8-12-17)14-28-21(20)23-19(24)15-27-13-16-9-5-3-6-10-16/h3-12,14H,2,13,15H2,1H3,(H,23,24). The molecule has 0 saturated heterocycles. The highest BCUT2D eigenvalue weighted by molar-refractivity contribution is 7.99. The molecular weight excluding hydrogens is 390 g/mol. The number of rotatable bonds is 8. The fourth-order valence-electron chi connectivity index (χ4n) is 2.68. The van der Waals surface area contributed by atoms with Crippen LogP contribution < -0.4 is 5.32 Å².